The summed E-state index contributed by atoms with van der Waals surface area (Å²) < 4.78 is 17.5. The van der Waals surface area contributed by atoms with Crippen molar-refractivity contribution in [2.45, 2.75) is 126 Å². The summed E-state index contributed by atoms with van der Waals surface area (Å²) in [5, 5.41) is 0. The molecule has 0 radical (unpaired) electrons. The fourth-order valence-electron chi connectivity index (χ4n) is 7.33. The SMILES string of the molecule is C[Si](CCC1CCC2OC2C1)(CC1CCC2OC2C1)CC1CCC2OC2C1. The standard InChI is InChI=1S/C23H38O3Si/c1-27(13-16-3-6-19-22(11-16)25-19,14-17-4-7-20-23(12-17)26-20)9-8-15-2-5-18-21(10-15)24-18/h15-23H,2-14H2,1H3. The molecule has 0 N–H and O–H groups in total. The highest BCUT2D eigenvalue weighted by Crippen LogP contribution is 2.48. The minimum absolute atomic E-state index is 0.652. The molecule has 9 atom stereocenters. The fraction of sp³-hybridized carbons (Fsp3) is 1.00. The zero-order valence-corrected chi connectivity index (χ0v) is 18.1. The average molecular weight is 391 g/mol. The van der Waals surface area contributed by atoms with Gasteiger partial charge in [0.15, 0.2) is 0 Å². The Kier molecular flexibility index (Phi) is 4.52. The third kappa shape index (κ3) is 4.06. The first-order chi connectivity index (χ1) is 13.1. The molecule has 0 amide bonds. The number of fused-ring (bicyclic) bond motifs is 3. The number of epoxide rings is 3. The van der Waals surface area contributed by atoms with E-state index in [0.29, 0.717) is 36.6 Å². The van der Waals surface area contributed by atoms with Crippen LogP contribution in [0, 0.1) is 17.8 Å². The Hall–Kier alpha value is 0.0969. The predicted octanol–water partition coefficient (Wildman–Crippen LogP) is 5.16. The van der Waals surface area contributed by atoms with Gasteiger partial charge in [-0.3, -0.25) is 0 Å². The monoisotopic (exact) mass is 390 g/mol. The second-order valence-corrected chi connectivity index (χ2v) is 16.4. The normalized spacial score (nSPS) is 52.1. The lowest BCUT2D eigenvalue weighted by atomic mass is 9.87. The largest absolute Gasteiger partial charge is 0.370 e. The minimum Gasteiger partial charge on any atom is -0.370 e. The van der Waals surface area contributed by atoms with Crippen LogP contribution in [-0.4, -0.2) is 44.7 Å². The lowest BCUT2D eigenvalue weighted by molar-refractivity contribution is 0.354. The zero-order chi connectivity index (χ0) is 18.0. The number of ether oxygens (including phenoxy) is 3. The molecule has 3 aliphatic carbocycles. The summed E-state index contributed by atoms with van der Waals surface area (Å²) in [7, 11) is -1.19. The predicted molar refractivity (Wildman–Crippen MR) is 109 cm³/mol. The van der Waals surface area contributed by atoms with Gasteiger partial charge in [0.2, 0.25) is 0 Å². The molecular weight excluding hydrogens is 352 g/mol. The van der Waals surface area contributed by atoms with Crippen LogP contribution in [0.4, 0.5) is 0 Å². The summed E-state index contributed by atoms with van der Waals surface area (Å²) in [5.41, 5.74) is 0. The van der Waals surface area contributed by atoms with Crippen LogP contribution in [0.5, 0.6) is 0 Å². The molecule has 0 aromatic rings. The van der Waals surface area contributed by atoms with Crippen molar-refractivity contribution in [2.75, 3.05) is 0 Å². The molecule has 0 aromatic heterocycles. The topological polar surface area (TPSA) is 37.6 Å². The molecule has 6 fully saturated rings. The van der Waals surface area contributed by atoms with Crippen LogP contribution in [0.15, 0.2) is 0 Å². The van der Waals surface area contributed by atoms with E-state index in [9.17, 15) is 0 Å². The highest BCUT2D eigenvalue weighted by molar-refractivity contribution is 6.78. The van der Waals surface area contributed by atoms with Crippen molar-refractivity contribution in [2.24, 2.45) is 17.8 Å². The molecule has 3 saturated carbocycles. The Balaban J connectivity index is 1.08. The molecule has 4 heteroatoms. The average Bonchev–Trinajstić information content (AvgIpc) is 3.52. The van der Waals surface area contributed by atoms with Crippen molar-refractivity contribution in [1.29, 1.82) is 0 Å². The molecule has 152 valence electrons. The van der Waals surface area contributed by atoms with E-state index in [1.807, 2.05) is 0 Å². The summed E-state index contributed by atoms with van der Waals surface area (Å²) in [6.07, 6.45) is 18.0. The van der Waals surface area contributed by atoms with Gasteiger partial charge < -0.3 is 14.2 Å². The van der Waals surface area contributed by atoms with Crippen LogP contribution in [0.2, 0.25) is 24.7 Å². The number of rotatable bonds is 7. The highest BCUT2D eigenvalue weighted by atomic mass is 28.3. The van der Waals surface area contributed by atoms with Gasteiger partial charge >= 0.3 is 0 Å². The smallest absolute Gasteiger partial charge is 0.0844 e. The van der Waals surface area contributed by atoms with Crippen LogP contribution in [-0.2, 0) is 14.2 Å². The van der Waals surface area contributed by atoms with Crippen LogP contribution in [0.3, 0.4) is 0 Å². The second kappa shape index (κ2) is 6.82. The molecule has 27 heavy (non-hydrogen) atoms. The summed E-state index contributed by atoms with van der Waals surface area (Å²) in [6.45, 7) is 2.78. The quantitative estimate of drug-likeness (QED) is 0.445. The van der Waals surface area contributed by atoms with E-state index in [2.05, 4.69) is 6.55 Å². The van der Waals surface area contributed by atoms with E-state index in [1.54, 1.807) is 18.1 Å². The van der Waals surface area contributed by atoms with Gasteiger partial charge in [0.1, 0.15) is 0 Å². The summed E-state index contributed by atoms with van der Waals surface area (Å²) in [4.78, 5) is 0. The van der Waals surface area contributed by atoms with E-state index in [0.717, 1.165) is 17.8 Å². The van der Waals surface area contributed by atoms with Gasteiger partial charge in [-0.1, -0.05) is 31.1 Å². The van der Waals surface area contributed by atoms with Gasteiger partial charge in [-0.2, -0.15) is 0 Å². The van der Waals surface area contributed by atoms with Crippen molar-refractivity contribution >= 4 is 8.07 Å². The molecule has 9 unspecified atom stereocenters. The summed E-state index contributed by atoms with van der Waals surface area (Å²) in [6, 6.07) is 4.74. The maximum Gasteiger partial charge on any atom is 0.0844 e. The minimum atomic E-state index is -1.19. The third-order valence-corrected chi connectivity index (χ3v) is 13.7. The van der Waals surface area contributed by atoms with Crippen LogP contribution < -0.4 is 0 Å². The first-order valence-electron chi connectivity index (χ1n) is 12.1. The third-order valence-electron chi connectivity index (χ3n) is 9.06. The first-order valence-corrected chi connectivity index (χ1v) is 15.2. The van der Waals surface area contributed by atoms with Crippen LogP contribution in [0.25, 0.3) is 0 Å². The molecule has 3 nitrogen and oxygen atoms in total. The van der Waals surface area contributed by atoms with Gasteiger partial charge in [-0.15, -0.1) is 0 Å². The molecule has 3 aliphatic heterocycles. The lowest BCUT2D eigenvalue weighted by Crippen LogP contribution is -2.37. The van der Waals surface area contributed by atoms with Gasteiger partial charge in [0.05, 0.1) is 44.7 Å². The Morgan fingerprint density at radius 2 is 1.04 bits per heavy atom. The fourth-order valence-corrected chi connectivity index (χ4v) is 12.5. The molecule has 6 aliphatic rings. The zero-order valence-electron chi connectivity index (χ0n) is 17.1. The Labute approximate surface area is 165 Å². The van der Waals surface area contributed by atoms with Crippen LogP contribution in [0.1, 0.15) is 64.2 Å². The molecule has 0 aromatic carbocycles. The first kappa shape index (κ1) is 17.9. The van der Waals surface area contributed by atoms with Crippen molar-refractivity contribution in [3.8, 4) is 0 Å². The van der Waals surface area contributed by atoms with Crippen molar-refractivity contribution < 1.29 is 14.2 Å². The van der Waals surface area contributed by atoms with Gasteiger partial charge in [-0.05, 0) is 75.5 Å². The van der Waals surface area contributed by atoms with E-state index >= 15 is 0 Å². The van der Waals surface area contributed by atoms with E-state index in [1.165, 1.54) is 64.2 Å². The maximum atomic E-state index is 5.85. The maximum absolute atomic E-state index is 5.85. The van der Waals surface area contributed by atoms with Gasteiger partial charge in [0.25, 0.3) is 0 Å². The highest BCUT2D eigenvalue weighted by Gasteiger charge is 2.49. The molecule has 3 saturated heterocycles. The Morgan fingerprint density at radius 3 is 1.52 bits per heavy atom. The Morgan fingerprint density at radius 1 is 0.593 bits per heavy atom. The molecule has 6 rings (SSSR count). The van der Waals surface area contributed by atoms with Crippen LogP contribution >= 0.6 is 0 Å². The van der Waals surface area contributed by atoms with Gasteiger partial charge in [0, 0.05) is 0 Å². The van der Waals surface area contributed by atoms with Crippen molar-refractivity contribution in [3.63, 3.8) is 0 Å². The Bertz CT molecular complexity index is 538. The number of hydrogen-bond donors (Lipinski definition) is 0. The van der Waals surface area contributed by atoms with Gasteiger partial charge in [-0.25, -0.2) is 0 Å². The molecule has 0 bridgehead atoms. The number of hydrogen-bond acceptors (Lipinski definition) is 3. The van der Waals surface area contributed by atoms with Crippen molar-refractivity contribution in [1.82, 2.24) is 0 Å². The molecular formula is C23H38O3Si. The second-order valence-electron chi connectivity index (χ2n) is 11.4. The lowest BCUT2D eigenvalue weighted by Gasteiger charge is -2.37. The van der Waals surface area contributed by atoms with E-state index in [4.69, 9.17) is 14.2 Å². The van der Waals surface area contributed by atoms with E-state index < -0.39 is 8.07 Å². The summed E-state index contributed by atoms with van der Waals surface area (Å²) in [5.74, 6) is 2.91. The molecule has 0 spiro atoms. The summed E-state index contributed by atoms with van der Waals surface area (Å²) >= 11 is 0. The van der Waals surface area contributed by atoms with E-state index in [-0.39, 0.29) is 0 Å². The molecule has 3 heterocycles. The van der Waals surface area contributed by atoms with Crippen molar-refractivity contribution in [3.05, 3.63) is 0 Å².